The SMILES string of the molecule is Cc1cc(CN)cc(C)c1NC(=O)c1cc2c(cc1-c1ccc(C(=O)N3C(C)CCCC3C)nc1C(=O)O)OCCc1ccsc1-2. The molecule has 46 heavy (non-hydrogen) atoms. The van der Waals surface area contributed by atoms with Crippen molar-refractivity contribution in [2.45, 2.75) is 72.0 Å². The molecule has 2 amide bonds. The maximum atomic E-state index is 14.2. The number of carbonyl (C=O) groups excluding carboxylic acids is 2. The Morgan fingerprint density at radius 1 is 1.02 bits per heavy atom. The number of hydrogen-bond donors (Lipinski definition) is 3. The molecule has 238 valence electrons. The quantitative estimate of drug-likeness (QED) is 0.210. The van der Waals surface area contributed by atoms with E-state index in [9.17, 15) is 19.5 Å². The van der Waals surface area contributed by atoms with Gasteiger partial charge in [-0.2, -0.15) is 0 Å². The molecular formula is C36H38N4O5S. The normalized spacial score (nSPS) is 17.4. The van der Waals surface area contributed by atoms with Crippen molar-refractivity contribution in [2.75, 3.05) is 11.9 Å². The first-order valence-corrected chi connectivity index (χ1v) is 16.5. The summed E-state index contributed by atoms with van der Waals surface area (Å²) >= 11 is 1.57. The largest absolute Gasteiger partial charge is 0.493 e. The first-order valence-electron chi connectivity index (χ1n) is 15.6. The molecule has 4 heterocycles. The van der Waals surface area contributed by atoms with E-state index in [1.807, 2.05) is 45.2 Å². The van der Waals surface area contributed by atoms with E-state index < -0.39 is 11.9 Å². The molecule has 2 aromatic carbocycles. The monoisotopic (exact) mass is 638 g/mol. The van der Waals surface area contributed by atoms with Crippen LogP contribution in [0.2, 0.25) is 0 Å². The lowest BCUT2D eigenvalue weighted by Gasteiger charge is -2.38. The van der Waals surface area contributed by atoms with Crippen LogP contribution in [-0.2, 0) is 13.0 Å². The number of anilines is 1. The maximum absolute atomic E-state index is 14.2. The predicted molar refractivity (Wildman–Crippen MR) is 180 cm³/mol. The molecule has 9 nitrogen and oxygen atoms in total. The van der Waals surface area contributed by atoms with Gasteiger partial charge in [-0.25, -0.2) is 9.78 Å². The molecule has 4 aromatic rings. The minimum Gasteiger partial charge on any atom is -0.493 e. The van der Waals surface area contributed by atoms with Gasteiger partial charge in [0.05, 0.1) is 6.61 Å². The first kappa shape index (κ1) is 31.4. The number of likely N-dealkylation sites (tertiary alicyclic amines) is 1. The number of carboxylic acid groups (broad SMARTS) is 1. The van der Waals surface area contributed by atoms with Gasteiger partial charge in [-0.3, -0.25) is 9.59 Å². The van der Waals surface area contributed by atoms with E-state index >= 15 is 0 Å². The molecule has 0 bridgehead atoms. The number of hydrogen-bond acceptors (Lipinski definition) is 7. The van der Waals surface area contributed by atoms with Crippen molar-refractivity contribution in [3.63, 3.8) is 0 Å². The lowest BCUT2D eigenvalue weighted by atomic mass is 9.93. The van der Waals surface area contributed by atoms with Crippen LogP contribution in [0.1, 0.15) is 86.7 Å². The Hall–Kier alpha value is -4.54. The summed E-state index contributed by atoms with van der Waals surface area (Å²) in [7, 11) is 0. The number of thiophene rings is 1. The number of rotatable bonds is 6. The van der Waals surface area contributed by atoms with Gasteiger partial charge < -0.3 is 25.8 Å². The third-order valence-corrected chi connectivity index (χ3v) is 10.1. The van der Waals surface area contributed by atoms with Crippen LogP contribution in [0, 0.1) is 13.8 Å². The summed E-state index contributed by atoms with van der Waals surface area (Å²) in [4.78, 5) is 47.8. The molecule has 2 aliphatic heterocycles. The van der Waals surface area contributed by atoms with E-state index in [1.54, 1.807) is 40.5 Å². The minimum atomic E-state index is -1.30. The van der Waals surface area contributed by atoms with Crippen LogP contribution in [0.5, 0.6) is 5.75 Å². The van der Waals surface area contributed by atoms with E-state index in [-0.39, 0.29) is 40.5 Å². The summed E-state index contributed by atoms with van der Waals surface area (Å²) in [5, 5.41) is 15.5. The number of fused-ring (bicyclic) bond motifs is 3. The van der Waals surface area contributed by atoms with Gasteiger partial charge in [0.15, 0.2) is 5.69 Å². The lowest BCUT2D eigenvalue weighted by Crippen LogP contribution is -2.47. The van der Waals surface area contributed by atoms with Gasteiger partial charge in [-0.15, -0.1) is 11.3 Å². The third kappa shape index (κ3) is 5.78. The Bertz CT molecular complexity index is 1830. The molecule has 0 saturated carbocycles. The zero-order chi connectivity index (χ0) is 32.7. The minimum absolute atomic E-state index is 0.0241. The molecule has 4 N–H and O–H groups in total. The average molecular weight is 639 g/mol. The van der Waals surface area contributed by atoms with Gasteiger partial charge >= 0.3 is 5.97 Å². The average Bonchev–Trinajstić information content (AvgIpc) is 3.43. The van der Waals surface area contributed by atoms with Gasteiger partial charge in [-0.1, -0.05) is 12.1 Å². The first-order chi connectivity index (χ1) is 22.1. The van der Waals surface area contributed by atoms with Crippen molar-refractivity contribution < 1.29 is 24.2 Å². The van der Waals surface area contributed by atoms with Crippen LogP contribution in [0.15, 0.2) is 47.8 Å². The Kier molecular flexibility index (Phi) is 8.67. The molecule has 2 aromatic heterocycles. The molecule has 2 atom stereocenters. The number of nitrogens with one attached hydrogen (secondary N) is 1. The molecule has 0 spiro atoms. The number of ether oxygens (including phenoxy) is 1. The highest BCUT2D eigenvalue weighted by molar-refractivity contribution is 7.13. The van der Waals surface area contributed by atoms with Crippen LogP contribution in [0.3, 0.4) is 0 Å². The number of amides is 2. The highest BCUT2D eigenvalue weighted by atomic mass is 32.1. The topological polar surface area (TPSA) is 135 Å². The van der Waals surface area contributed by atoms with E-state index in [2.05, 4.69) is 16.4 Å². The van der Waals surface area contributed by atoms with Gasteiger partial charge in [0.2, 0.25) is 0 Å². The van der Waals surface area contributed by atoms with Crippen LogP contribution >= 0.6 is 11.3 Å². The molecule has 1 fully saturated rings. The van der Waals surface area contributed by atoms with E-state index in [1.165, 1.54) is 0 Å². The Morgan fingerprint density at radius 2 is 1.74 bits per heavy atom. The second kappa shape index (κ2) is 12.7. The number of carbonyl (C=O) groups is 3. The number of aromatic nitrogens is 1. The fourth-order valence-electron chi connectivity index (χ4n) is 6.79. The Labute approximate surface area is 272 Å². The number of benzene rings is 2. The lowest BCUT2D eigenvalue weighted by molar-refractivity contribution is 0.0504. The zero-order valence-corrected chi connectivity index (χ0v) is 27.3. The number of nitrogens with zero attached hydrogens (tertiary/aromatic N) is 2. The molecule has 6 rings (SSSR count). The molecule has 10 heteroatoms. The third-order valence-electron chi connectivity index (χ3n) is 9.09. The Balaban J connectivity index is 1.49. The van der Waals surface area contributed by atoms with Gasteiger partial charge in [0, 0.05) is 57.9 Å². The van der Waals surface area contributed by atoms with E-state index in [0.717, 1.165) is 52.0 Å². The smallest absolute Gasteiger partial charge is 0.355 e. The van der Waals surface area contributed by atoms with Crippen LogP contribution in [-0.4, -0.2) is 51.5 Å². The standard InChI is InChI=1S/C36H38N4O5S/c1-19-14-23(18-37)15-20(2)31(19)39-34(41)27-16-28-30(45-12-10-24-11-13-46-33(24)28)17-26(27)25-8-9-29(38-32(25)36(43)44)35(42)40-21(3)6-5-7-22(40)4/h8-9,11,13-17,21-22H,5-7,10,12,18,37H2,1-4H3,(H,39,41)(H,43,44). The number of nitrogens with two attached hydrogens (primary N) is 1. The van der Waals surface area contributed by atoms with Crippen LogP contribution in [0.25, 0.3) is 21.6 Å². The summed E-state index contributed by atoms with van der Waals surface area (Å²) in [5.41, 5.74) is 11.7. The zero-order valence-electron chi connectivity index (χ0n) is 26.5. The van der Waals surface area contributed by atoms with E-state index in [4.69, 9.17) is 10.5 Å². The molecular weight excluding hydrogens is 600 g/mol. The summed E-state index contributed by atoms with van der Waals surface area (Å²) in [5.74, 6) is -1.44. The number of pyridine rings is 1. The second-order valence-corrected chi connectivity index (χ2v) is 13.2. The van der Waals surface area contributed by atoms with Crippen molar-refractivity contribution in [1.82, 2.24) is 9.88 Å². The van der Waals surface area contributed by atoms with Gasteiger partial charge in [-0.05, 0) is 105 Å². The molecule has 2 unspecified atom stereocenters. The summed E-state index contributed by atoms with van der Waals surface area (Å²) in [6.45, 7) is 8.67. The number of aryl methyl sites for hydroxylation is 2. The summed E-state index contributed by atoms with van der Waals surface area (Å²) in [6.07, 6.45) is 3.51. The predicted octanol–water partition coefficient (Wildman–Crippen LogP) is 6.84. The highest BCUT2D eigenvalue weighted by Crippen LogP contribution is 2.43. The Morgan fingerprint density at radius 3 is 2.41 bits per heavy atom. The van der Waals surface area contributed by atoms with E-state index in [0.29, 0.717) is 36.6 Å². The molecule has 1 saturated heterocycles. The molecule has 0 aliphatic carbocycles. The number of carboxylic acids is 1. The summed E-state index contributed by atoms with van der Waals surface area (Å²) < 4.78 is 6.17. The molecule has 2 aliphatic rings. The number of piperidine rings is 1. The van der Waals surface area contributed by atoms with Gasteiger partial charge in [0.1, 0.15) is 11.4 Å². The van der Waals surface area contributed by atoms with Crippen LogP contribution in [0.4, 0.5) is 5.69 Å². The fourth-order valence-corrected chi connectivity index (χ4v) is 7.77. The second-order valence-electron chi connectivity index (χ2n) is 12.3. The number of aromatic carboxylic acids is 1. The summed E-state index contributed by atoms with van der Waals surface area (Å²) in [6, 6.07) is 12.6. The van der Waals surface area contributed by atoms with Gasteiger partial charge in [0.25, 0.3) is 11.8 Å². The van der Waals surface area contributed by atoms with Crippen molar-refractivity contribution in [3.8, 4) is 27.3 Å². The van der Waals surface area contributed by atoms with Crippen molar-refractivity contribution >= 4 is 34.8 Å². The van der Waals surface area contributed by atoms with Crippen LogP contribution < -0.4 is 15.8 Å². The maximum Gasteiger partial charge on any atom is 0.355 e. The van der Waals surface area contributed by atoms with Crippen molar-refractivity contribution in [2.24, 2.45) is 5.73 Å². The molecule has 0 radical (unpaired) electrons. The highest BCUT2D eigenvalue weighted by Gasteiger charge is 2.32. The van der Waals surface area contributed by atoms with Crippen molar-refractivity contribution in [1.29, 1.82) is 0 Å². The van der Waals surface area contributed by atoms with Crippen molar-refractivity contribution in [3.05, 3.63) is 87.0 Å². The fraction of sp³-hybridized carbons (Fsp3) is 0.333.